The van der Waals surface area contributed by atoms with Gasteiger partial charge in [0.2, 0.25) is 5.91 Å². The number of piperazine rings is 1. The number of nitrogens with two attached hydrogens (primary N) is 1. The number of rotatable bonds is 7. The molecule has 11 heteroatoms. The van der Waals surface area contributed by atoms with Crippen molar-refractivity contribution in [3.8, 4) is 5.06 Å². The Morgan fingerprint density at radius 2 is 2.12 bits per heavy atom. The van der Waals surface area contributed by atoms with Crippen molar-refractivity contribution in [2.24, 2.45) is 0 Å². The van der Waals surface area contributed by atoms with Crippen LogP contribution in [-0.4, -0.2) is 71.0 Å². The minimum absolute atomic E-state index is 0.0657. The summed E-state index contributed by atoms with van der Waals surface area (Å²) in [5, 5.41) is 0.669. The number of carbonyl (C=O) groups excluding carboxylic acids is 2. The molecule has 0 aliphatic carbocycles. The van der Waals surface area contributed by atoms with E-state index in [0.29, 0.717) is 36.0 Å². The van der Waals surface area contributed by atoms with E-state index in [1.165, 1.54) is 30.5 Å². The molecule has 1 atom stereocenters. The lowest BCUT2D eigenvalue weighted by atomic mass is 10.1. The molecular formula is C21H22FN5O4S. The fourth-order valence-electron chi connectivity index (χ4n) is 3.65. The highest BCUT2D eigenvalue weighted by Crippen LogP contribution is 2.24. The number of hydrogen-bond donors (Lipinski definition) is 1. The molecule has 1 aliphatic rings. The van der Waals surface area contributed by atoms with Crippen molar-refractivity contribution < 1.29 is 23.5 Å². The number of carbonyl (C=O) groups is 2. The molecule has 0 radical (unpaired) electrons. The molecule has 0 spiro atoms. The molecule has 0 saturated carbocycles. The van der Waals surface area contributed by atoms with Crippen molar-refractivity contribution in [1.29, 1.82) is 0 Å². The lowest BCUT2D eigenvalue weighted by molar-refractivity contribution is -0.155. The second-order valence-corrected chi connectivity index (χ2v) is 8.27. The topological polar surface area (TPSA) is 111 Å². The zero-order valence-electron chi connectivity index (χ0n) is 17.4. The highest BCUT2D eigenvalue weighted by molar-refractivity contribution is 7.12. The Bertz CT molecular complexity index is 1140. The third-order valence-electron chi connectivity index (χ3n) is 5.22. The monoisotopic (exact) mass is 459 g/mol. The van der Waals surface area contributed by atoms with Gasteiger partial charge in [-0.15, -0.1) is 0 Å². The molecule has 168 valence electrons. The van der Waals surface area contributed by atoms with Crippen LogP contribution in [-0.2, 0) is 20.9 Å². The van der Waals surface area contributed by atoms with Gasteiger partial charge in [0, 0.05) is 32.1 Å². The van der Waals surface area contributed by atoms with E-state index in [0.717, 1.165) is 22.3 Å². The second kappa shape index (κ2) is 9.45. The summed E-state index contributed by atoms with van der Waals surface area (Å²) in [6.45, 7) is 0.854. The van der Waals surface area contributed by atoms with Gasteiger partial charge in [0.25, 0.3) is 5.91 Å². The average molecular weight is 460 g/mol. The van der Waals surface area contributed by atoms with Crippen LogP contribution in [0.5, 0.6) is 5.06 Å². The lowest BCUT2D eigenvalue weighted by Gasteiger charge is -2.40. The van der Waals surface area contributed by atoms with Gasteiger partial charge in [-0.05, 0) is 29.8 Å². The summed E-state index contributed by atoms with van der Waals surface area (Å²) in [5.41, 5.74) is 7.47. The summed E-state index contributed by atoms with van der Waals surface area (Å²) in [6.07, 6.45) is 1.40. The summed E-state index contributed by atoms with van der Waals surface area (Å²) >= 11 is 0.815. The Morgan fingerprint density at radius 1 is 1.28 bits per heavy atom. The van der Waals surface area contributed by atoms with Gasteiger partial charge < -0.3 is 25.0 Å². The van der Waals surface area contributed by atoms with E-state index in [2.05, 4.69) is 9.97 Å². The maximum absolute atomic E-state index is 13.1. The first-order chi connectivity index (χ1) is 15.5. The van der Waals surface area contributed by atoms with E-state index >= 15 is 0 Å². The SMILES string of the molecule is COCC1C(=O)N(Cc2ccc3c(N)ncnc3c2)CCN1C(=O)COc1ccc(F)s1. The molecule has 2 amide bonds. The number of fused-ring (bicyclic) bond motifs is 1. The quantitative estimate of drug-likeness (QED) is 0.572. The molecule has 1 unspecified atom stereocenters. The number of halogens is 1. The summed E-state index contributed by atoms with van der Waals surface area (Å²) < 4.78 is 23.7. The fourth-order valence-corrected chi connectivity index (χ4v) is 4.23. The highest BCUT2D eigenvalue weighted by Gasteiger charge is 2.37. The lowest BCUT2D eigenvalue weighted by Crippen LogP contribution is -2.60. The van der Waals surface area contributed by atoms with Crippen molar-refractivity contribution in [3.05, 3.63) is 47.4 Å². The van der Waals surface area contributed by atoms with Crippen molar-refractivity contribution in [2.45, 2.75) is 12.6 Å². The minimum atomic E-state index is -0.761. The normalized spacial score (nSPS) is 16.6. The fraction of sp³-hybridized carbons (Fsp3) is 0.333. The molecule has 1 saturated heterocycles. The van der Waals surface area contributed by atoms with Gasteiger partial charge in [0.15, 0.2) is 16.8 Å². The van der Waals surface area contributed by atoms with E-state index < -0.39 is 11.2 Å². The highest BCUT2D eigenvalue weighted by atomic mass is 32.1. The Hall–Kier alpha value is -3.31. The van der Waals surface area contributed by atoms with Gasteiger partial charge in [-0.3, -0.25) is 9.59 Å². The van der Waals surface area contributed by atoms with E-state index in [9.17, 15) is 14.0 Å². The third kappa shape index (κ3) is 4.63. The number of ether oxygens (including phenoxy) is 2. The Kier molecular flexibility index (Phi) is 6.47. The number of nitrogens with zero attached hydrogens (tertiary/aromatic N) is 4. The van der Waals surface area contributed by atoms with Gasteiger partial charge in [-0.2, -0.15) is 4.39 Å². The first-order valence-corrected chi connectivity index (χ1v) is 10.7. The van der Waals surface area contributed by atoms with Gasteiger partial charge in [-0.25, -0.2) is 9.97 Å². The molecule has 3 heterocycles. The number of thiophene rings is 1. The Balaban J connectivity index is 1.44. The van der Waals surface area contributed by atoms with Crippen LogP contribution in [0.1, 0.15) is 5.56 Å². The number of nitrogen functional groups attached to an aromatic ring is 1. The number of anilines is 1. The molecule has 32 heavy (non-hydrogen) atoms. The van der Waals surface area contributed by atoms with Crippen LogP contribution in [0.2, 0.25) is 0 Å². The number of hydrogen-bond acceptors (Lipinski definition) is 8. The molecule has 0 bridgehead atoms. The van der Waals surface area contributed by atoms with Crippen molar-refractivity contribution >= 4 is 39.9 Å². The molecule has 4 rings (SSSR count). The molecule has 1 aromatic carbocycles. The van der Waals surface area contributed by atoms with Crippen LogP contribution in [0, 0.1) is 5.13 Å². The van der Waals surface area contributed by atoms with Crippen LogP contribution in [0.15, 0.2) is 36.7 Å². The van der Waals surface area contributed by atoms with Crippen LogP contribution < -0.4 is 10.5 Å². The van der Waals surface area contributed by atoms with Crippen LogP contribution in [0.3, 0.4) is 0 Å². The van der Waals surface area contributed by atoms with Gasteiger partial charge in [0.1, 0.15) is 18.2 Å². The smallest absolute Gasteiger partial charge is 0.261 e. The maximum Gasteiger partial charge on any atom is 0.261 e. The van der Waals surface area contributed by atoms with E-state index in [1.807, 2.05) is 18.2 Å². The van der Waals surface area contributed by atoms with Crippen molar-refractivity contribution in [3.63, 3.8) is 0 Å². The first kappa shape index (κ1) is 21.9. The zero-order chi connectivity index (χ0) is 22.7. The Labute approximate surface area is 187 Å². The second-order valence-electron chi connectivity index (χ2n) is 7.28. The number of benzene rings is 1. The first-order valence-electron chi connectivity index (χ1n) is 9.90. The van der Waals surface area contributed by atoms with E-state index in [4.69, 9.17) is 15.2 Å². The summed E-state index contributed by atoms with van der Waals surface area (Å²) in [6, 6.07) is 7.56. The predicted octanol–water partition coefficient (Wildman–Crippen LogP) is 1.68. The molecule has 2 N–H and O–H groups in total. The summed E-state index contributed by atoms with van der Waals surface area (Å²) in [5.74, 6) is -0.167. The van der Waals surface area contributed by atoms with Crippen molar-refractivity contribution in [2.75, 3.05) is 39.1 Å². The van der Waals surface area contributed by atoms with Crippen molar-refractivity contribution in [1.82, 2.24) is 19.8 Å². The molecule has 1 aliphatic heterocycles. The van der Waals surface area contributed by atoms with Gasteiger partial charge >= 0.3 is 0 Å². The maximum atomic E-state index is 13.1. The summed E-state index contributed by atoms with van der Waals surface area (Å²) in [7, 11) is 1.48. The molecule has 9 nitrogen and oxygen atoms in total. The van der Waals surface area contributed by atoms with Crippen LogP contribution in [0.25, 0.3) is 10.9 Å². The van der Waals surface area contributed by atoms with Crippen LogP contribution in [0.4, 0.5) is 10.2 Å². The van der Waals surface area contributed by atoms with Gasteiger partial charge in [-0.1, -0.05) is 17.4 Å². The molecular weight excluding hydrogens is 437 g/mol. The van der Waals surface area contributed by atoms with Gasteiger partial charge in [0.05, 0.1) is 12.1 Å². The standard InChI is InChI=1S/C21H22FN5O4S/c1-30-10-16-21(29)26(9-13-2-3-14-15(8-13)24-12-25-20(14)23)6-7-27(16)18(28)11-31-19-5-4-17(22)32-19/h2-5,8,12,16H,6-7,9-11H2,1H3,(H2,23,24,25). The third-order valence-corrected chi connectivity index (χ3v) is 6.01. The number of aromatic nitrogens is 2. The predicted molar refractivity (Wildman–Crippen MR) is 117 cm³/mol. The van der Waals surface area contributed by atoms with E-state index in [-0.39, 0.29) is 25.0 Å². The summed E-state index contributed by atoms with van der Waals surface area (Å²) in [4.78, 5) is 37.2. The zero-order valence-corrected chi connectivity index (χ0v) is 18.2. The largest absolute Gasteiger partial charge is 0.474 e. The molecule has 2 aromatic heterocycles. The number of methoxy groups -OCH3 is 1. The molecule has 1 fully saturated rings. The Morgan fingerprint density at radius 3 is 2.88 bits per heavy atom. The average Bonchev–Trinajstić information content (AvgIpc) is 3.20. The van der Waals surface area contributed by atoms with Crippen LogP contribution >= 0.6 is 11.3 Å². The van der Waals surface area contributed by atoms with E-state index in [1.54, 1.807) is 4.90 Å². The minimum Gasteiger partial charge on any atom is -0.474 e. The molecule has 3 aromatic rings. The number of amides is 2.